The third-order valence-electron chi connectivity index (χ3n) is 7.79. The molecular weight excluding hydrogens is 561 g/mol. The number of halogens is 2. The van der Waals surface area contributed by atoms with Gasteiger partial charge < -0.3 is 23.8 Å². The van der Waals surface area contributed by atoms with Gasteiger partial charge >= 0.3 is 17.9 Å². The molecule has 1 aromatic carbocycles. The minimum Gasteiger partial charge on any atom is -0.463 e. The van der Waals surface area contributed by atoms with Gasteiger partial charge in [0.05, 0.1) is 6.33 Å². The number of imidazole rings is 1. The molecule has 2 saturated heterocycles. The van der Waals surface area contributed by atoms with E-state index in [9.17, 15) is 18.8 Å². The summed E-state index contributed by atoms with van der Waals surface area (Å²) < 4.78 is 37.6. The van der Waals surface area contributed by atoms with Crippen LogP contribution in [0.2, 0.25) is 5.28 Å². The van der Waals surface area contributed by atoms with Crippen LogP contribution in [-0.2, 0) is 45.2 Å². The van der Waals surface area contributed by atoms with E-state index in [1.807, 2.05) is 6.07 Å². The first-order valence-corrected chi connectivity index (χ1v) is 13.5. The Morgan fingerprint density at radius 1 is 1.10 bits per heavy atom. The van der Waals surface area contributed by atoms with Crippen LogP contribution >= 0.6 is 11.6 Å². The molecule has 4 heterocycles. The maximum Gasteiger partial charge on any atom is 0.303 e. The van der Waals surface area contributed by atoms with Crippen molar-refractivity contribution in [2.75, 3.05) is 24.6 Å². The Morgan fingerprint density at radius 3 is 2.54 bits per heavy atom. The summed E-state index contributed by atoms with van der Waals surface area (Å²) in [5.74, 6) is -1.53. The van der Waals surface area contributed by atoms with E-state index in [0.717, 1.165) is 24.0 Å². The number of aromatic nitrogens is 4. The number of rotatable bonds is 6. The summed E-state index contributed by atoms with van der Waals surface area (Å²) >= 11 is 6.38. The van der Waals surface area contributed by atoms with Crippen LogP contribution < -0.4 is 4.90 Å². The predicted molar refractivity (Wildman–Crippen MR) is 141 cm³/mol. The minimum atomic E-state index is -1.10. The predicted octanol–water partition coefficient (Wildman–Crippen LogP) is 2.65. The molecule has 3 aromatic rings. The van der Waals surface area contributed by atoms with E-state index in [0.29, 0.717) is 30.1 Å². The molecule has 2 aliphatic heterocycles. The first-order chi connectivity index (χ1) is 19.5. The van der Waals surface area contributed by atoms with Gasteiger partial charge in [-0.2, -0.15) is 9.97 Å². The quantitative estimate of drug-likeness (QED) is 0.239. The number of carbonyl (C=O) groups is 3. The Kier molecular flexibility index (Phi) is 6.81. The summed E-state index contributed by atoms with van der Waals surface area (Å²) in [7, 11) is 0. The third kappa shape index (κ3) is 4.86. The molecule has 6 rings (SSSR count). The first-order valence-electron chi connectivity index (χ1n) is 13.1. The zero-order chi connectivity index (χ0) is 29.1. The molecule has 0 saturated carbocycles. The summed E-state index contributed by atoms with van der Waals surface area (Å²) in [6.07, 6.45) is -0.973. The summed E-state index contributed by atoms with van der Waals surface area (Å²) in [6, 6.07) is 4.96. The SMILES string of the molecule is CC(=O)OCC1OC(n2cnc3c(N4CC5(CCc6cc(F)ccc65)C4)nc(Cl)nc32)C(OC(C)=O)C1OC(C)=O. The van der Waals surface area contributed by atoms with Crippen molar-refractivity contribution >= 4 is 46.5 Å². The number of fused-ring (bicyclic) bond motifs is 3. The van der Waals surface area contributed by atoms with Crippen molar-refractivity contribution < 1.29 is 37.7 Å². The lowest BCUT2D eigenvalue weighted by molar-refractivity contribution is -0.166. The maximum atomic E-state index is 13.8. The van der Waals surface area contributed by atoms with Crippen molar-refractivity contribution in [2.45, 2.75) is 63.6 Å². The molecule has 2 fully saturated rings. The average Bonchev–Trinajstić information content (AvgIpc) is 3.55. The van der Waals surface area contributed by atoms with Gasteiger partial charge in [0.2, 0.25) is 5.28 Å². The van der Waals surface area contributed by atoms with E-state index in [-0.39, 0.29) is 23.1 Å². The van der Waals surface area contributed by atoms with Crippen LogP contribution in [0.5, 0.6) is 0 Å². The van der Waals surface area contributed by atoms with Crippen LogP contribution in [0.3, 0.4) is 0 Å². The summed E-state index contributed by atoms with van der Waals surface area (Å²) in [6.45, 7) is 4.73. The van der Waals surface area contributed by atoms with E-state index >= 15 is 0 Å². The topological polar surface area (TPSA) is 135 Å². The van der Waals surface area contributed by atoms with E-state index in [4.69, 9.17) is 30.5 Å². The second-order valence-corrected chi connectivity index (χ2v) is 10.9. The monoisotopic (exact) mass is 587 g/mol. The van der Waals surface area contributed by atoms with Crippen molar-refractivity contribution in [3.63, 3.8) is 0 Å². The molecule has 1 spiro atoms. The average molecular weight is 588 g/mol. The van der Waals surface area contributed by atoms with E-state index in [1.165, 1.54) is 37.7 Å². The standard InChI is InChI=1S/C27H27ClFN5O7/c1-13(35)38-9-19-21(39-14(2)36)22(40-15(3)37)25(41-19)34-12-30-20-23(31-26(28)32-24(20)34)33-10-27(11-33)7-6-16-8-17(29)4-5-18(16)27/h4-5,8,12,19,21-22,25H,6-7,9-11H2,1-3H3. The molecule has 41 heavy (non-hydrogen) atoms. The van der Waals surface area contributed by atoms with Crippen LogP contribution in [0, 0.1) is 5.82 Å². The Hall–Kier alpha value is -3.84. The third-order valence-corrected chi connectivity index (χ3v) is 7.96. The van der Waals surface area contributed by atoms with Gasteiger partial charge in [-0.15, -0.1) is 0 Å². The summed E-state index contributed by atoms with van der Waals surface area (Å²) in [5, 5.41) is -0.0286. The molecule has 2 aromatic heterocycles. The number of esters is 3. The molecule has 216 valence electrons. The number of nitrogens with zero attached hydrogens (tertiary/aromatic N) is 5. The lowest BCUT2D eigenvalue weighted by Gasteiger charge is -2.49. The number of benzene rings is 1. The molecule has 1 aliphatic carbocycles. The summed E-state index contributed by atoms with van der Waals surface area (Å²) in [4.78, 5) is 50.9. The minimum absolute atomic E-state index is 0.0286. The normalized spacial score (nSPS) is 24.3. The van der Waals surface area contributed by atoms with Gasteiger partial charge in [0, 0.05) is 39.3 Å². The van der Waals surface area contributed by atoms with Crippen molar-refractivity contribution in [3.05, 3.63) is 46.8 Å². The second-order valence-electron chi connectivity index (χ2n) is 10.6. The molecule has 14 heteroatoms. The Labute approximate surface area is 238 Å². The van der Waals surface area contributed by atoms with Gasteiger partial charge in [-0.3, -0.25) is 19.0 Å². The first kappa shape index (κ1) is 27.3. The van der Waals surface area contributed by atoms with Gasteiger partial charge in [0.1, 0.15) is 18.5 Å². The van der Waals surface area contributed by atoms with Gasteiger partial charge in [0.15, 0.2) is 35.4 Å². The fourth-order valence-electron chi connectivity index (χ4n) is 6.16. The molecule has 0 radical (unpaired) electrons. The van der Waals surface area contributed by atoms with Crippen LogP contribution in [0.4, 0.5) is 10.2 Å². The number of aryl methyl sites for hydroxylation is 1. The molecule has 0 N–H and O–H groups in total. The highest BCUT2D eigenvalue weighted by Gasteiger charge is 2.52. The number of hydrogen-bond donors (Lipinski definition) is 0. The number of hydrogen-bond acceptors (Lipinski definition) is 11. The maximum absolute atomic E-state index is 13.8. The highest BCUT2D eigenvalue weighted by atomic mass is 35.5. The smallest absolute Gasteiger partial charge is 0.303 e. The lowest BCUT2D eigenvalue weighted by Crippen LogP contribution is -2.58. The van der Waals surface area contributed by atoms with Crippen LogP contribution in [-0.4, -0.2) is 75.4 Å². The highest BCUT2D eigenvalue weighted by Crippen LogP contribution is 2.48. The zero-order valence-corrected chi connectivity index (χ0v) is 23.3. The van der Waals surface area contributed by atoms with Crippen molar-refractivity contribution in [1.82, 2.24) is 19.5 Å². The molecule has 4 atom stereocenters. The second kappa shape index (κ2) is 10.2. The zero-order valence-electron chi connectivity index (χ0n) is 22.5. The molecular formula is C27H27ClFN5O7. The van der Waals surface area contributed by atoms with Crippen molar-refractivity contribution in [2.24, 2.45) is 0 Å². The highest BCUT2D eigenvalue weighted by molar-refractivity contribution is 6.28. The molecule has 4 unspecified atom stereocenters. The number of anilines is 1. The van der Waals surface area contributed by atoms with Crippen LogP contribution in [0.15, 0.2) is 24.5 Å². The fourth-order valence-corrected chi connectivity index (χ4v) is 6.32. The van der Waals surface area contributed by atoms with E-state index in [2.05, 4.69) is 19.9 Å². The Morgan fingerprint density at radius 2 is 1.83 bits per heavy atom. The lowest BCUT2D eigenvalue weighted by atomic mass is 9.75. The number of carbonyl (C=O) groups excluding carboxylic acids is 3. The van der Waals surface area contributed by atoms with Crippen molar-refractivity contribution in [1.29, 1.82) is 0 Å². The van der Waals surface area contributed by atoms with Crippen molar-refractivity contribution in [3.8, 4) is 0 Å². The van der Waals surface area contributed by atoms with Gasteiger partial charge in [-0.1, -0.05) is 6.07 Å². The van der Waals surface area contributed by atoms with Gasteiger partial charge in [-0.05, 0) is 47.7 Å². The van der Waals surface area contributed by atoms with Crippen LogP contribution in [0.1, 0.15) is 44.5 Å². The van der Waals surface area contributed by atoms with E-state index in [1.54, 1.807) is 6.07 Å². The largest absolute Gasteiger partial charge is 0.463 e. The molecule has 12 nitrogen and oxygen atoms in total. The molecule has 3 aliphatic rings. The fraction of sp³-hybridized carbons (Fsp3) is 0.481. The van der Waals surface area contributed by atoms with Crippen LogP contribution in [0.25, 0.3) is 11.2 Å². The van der Waals surface area contributed by atoms with E-state index < -0.39 is 42.4 Å². The van der Waals surface area contributed by atoms with Gasteiger partial charge in [-0.25, -0.2) is 9.37 Å². The summed E-state index contributed by atoms with van der Waals surface area (Å²) in [5.41, 5.74) is 2.83. The molecule has 0 amide bonds. The molecule has 0 bridgehead atoms. The van der Waals surface area contributed by atoms with Gasteiger partial charge in [0.25, 0.3) is 0 Å². The number of ether oxygens (including phenoxy) is 4. The Bertz CT molecular complexity index is 1560. The Balaban J connectivity index is 1.33.